The van der Waals surface area contributed by atoms with Crippen molar-refractivity contribution in [1.82, 2.24) is 25.3 Å². The first-order valence-electron chi connectivity index (χ1n) is 10.4. The first kappa shape index (κ1) is 21.7. The lowest BCUT2D eigenvalue weighted by Crippen LogP contribution is -2.24. The number of hydrogen-bond donors (Lipinski definition) is 4. The van der Waals surface area contributed by atoms with Crippen LogP contribution in [-0.4, -0.2) is 58.4 Å². The molecule has 0 fully saturated rings. The molecule has 164 valence electrons. The molecule has 5 N–H and O–H groups in total. The molecule has 0 spiro atoms. The zero-order valence-corrected chi connectivity index (χ0v) is 18.9. The van der Waals surface area contributed by atoms with E-state index in [-0.39, 0.29) is 5.11 Å². The lowest BCUT2D eigenvalue weighted by atomic mass is 10.1. The predicted molar refractivity (Wildman–Crippen MR) is 136 cm³/mol. The number of nitrogens with one attached hydrogen (secondary N) is 3. The second kappa shape index (κ2) is 9.71. The van der Waals surface area contributed by atoms with Gasteiger partial charge < -0.3 is 20.9 Å². The quantitative estimate of drug-likeness (QED) is 0.142. The molecule has 8 nitrogen and oxygen atoms in total. The van der Waals surface area contributed by atoms with Crippen LogP contribution >= 0.6 is 12.2 Å². The van der Waals surface area contributed by atoms with E-state index in [1.54, 1.807) is 6.21 Å². The molecule has 0 amide bonds. The molecule has 9 heteroatoms. The molecule has 0 aliphatic carbocycles. The summed E-state index contributed by atoms with van der Waals surface area (Å²) in [7, 11) is 4.15. The number of aromatic nitrogens is 3. The minimum Gasteiger partial charge on any atom is -0.375 e. The lowest BCUT2D eigenvalue weighted by Gasteiger charge is -2.13. The van der Waals surface area contributed by atoms with Crippen molar-refractivity contribution in [2.45, 2.75) is 6.42 Å². The fourth-order valence-corrected chi connectivity index (χ4v) is 3.61. The molecule has 2 aromatic carbocycles. The minimum atomic E-state index is 0.105. The first-order chi connectivity index (χ1) is 15.5. The van der Waals surface area contributed by atoms with Gasteiger partial charge in [0.05, 0.1) is 17.4 Å². The predicted octanol–water partition coefficient (Wildman–Crippen LogP) is 3.31. The summed E-state index contributed by atoms with van der Waals surface area (Å²) in [6.45, 7) is 1.82. The highest BCUT2D eigenvalue weighted by molar-refractivity contribution is 7.80. The normalized spacial score (nSPS) is 11.6. The Kier molecular flexibility index (Phi) is 6.58. The lowest BCUT2D eigenvalue weighted by molar-refractivity contribution is 0.405. The van der Waals surface area contributed by atoms with E-state index in [9.17, 15) is 0 Å². The Morgan fingerprint density at radius 1 is 1.12 bits per heavy atom. The van der Waals surface area contributed by atoms with Gasteiger partial charge in [-0.3, -0.25) is 5.43 Å². The van der Waals surface area contributed by atoms with E-state index in [0.29, 0.717) is 5.82 Å². The van der Waals surface area contributed by atoms with Gasteiger partial charge in [0, 0.05) is 28.4 Å². The van der Waals surface area contributed by atoms with Crippen LogP contribution in [0.25, 0.3) is 33.3 Å². The van der Waals surface area contributed by atoms with Crippen LogP contribution in [0.1, 0.15) is 12.0 Å². The fourth-order valence-electron chi connectivity index (χ4n) is 3.56. The van der Waals surface area contributed by atoms with E-state index in [0.717, 1.165) is 58.4 Å². The molecule has 0 atom stereocenters. The van der Waals surface area contributed by atoms with Gasteiger partial charge in [-0.2, -0.15) is 5.10 Å². The van der Waals surface area contributed by atoms with Gasteiger partial charge in [0.15, 0.2) is 10.9 Å². The summed E-state index contributed by atoms with van der Waals surface area (Å²) in [6.07, 6.45) is 2.70. The standard InChI is InChI=1S/C23H26N8S/c1-31(2)13-7-12-25-21-16-9-4-6-11-19(16)28-22(29-21)20-17(14-26-30-23(24)32)15-8-3-5-10-18(15)27-20/h3-6,8-11,14,27H,7,12-13H2,1-2H3,(H3,24,30,32)(H,25,28,29)/b26-14+. The van der Waals surface area contributed by atoms with E-state index in [2.05, 4.69) is 39.8 Å². The van der Waals surface area contributed by atoms with Crippen molar-refractivity contribution in [2.24, 2.45) is 10.8 Å². The number of aromatic amines is 1. The third-order valence-corrected chi connectivity index (χ3v) is 5.11. The van der Waals surface area contributed by atoms with Crippen molar-refractivity contribution in [2.75, 3.05) is 32.5 Å². The molecule has 32 heavy (non-hydrogen) atoms. The monoisotopic (exact) mass is 446 g/mol. The highest BCUT2D eigenvalue weighted by Gasteiger charge is 2.16. The molecule has 2 heterocycles. The van der Waals surface area contributed by atoms with Crippen molar-refractivity contribution < 1.29 is 0 Å². The summed E-state index contributed by atoms with van der Waals surface area (Å²) in [5.41, 5.74) is 11.6. The molecule has 0 radical (unpaired) electrons. The molecule has 0 aliphatic heterocycles. The number of thiocarbonyl (C=S) groups is 1. The van der Waals surface area contributed by atoms with Crippen LogP contribution in [-0.2, 0) is 0 Å². The van der Waals surface area contributed by atoms with E-state index in [1.807, 2.05) is 48.5 Å². The summed E-state index contributed by atoms with van der Waals surface area (Å²) in [6, 6.07) is 16.0. The summed E-state index contributed by atoms with van der Waals surface area (Å²) >= 11 is 4.86. The van der Waals surface area contributed by atoms with Crippen molar-refractivity contribution in [1.29, 1.82) is 0 Å². The topological polar surface area (TPSA) is 107 Å². The highest BCUT2D eigenvalue weighted by atomic mass is 32.1. The maximum absolute atomic E-state index is 5.52. The minimum absolute atomic E-state index is 0.105. The molecule has 0 bridgehead atoms. The Hall–Kier alpha value is -3.56. The van der Waals surface area contributed by atoms with Gasteiger partial charge in [0.1, 0.15) is 5.82 Å². The van der Waals surface area contributed by atoms with Crippen LogP contribution in [0.5, 0.6) is 0 Å². The number of nitrogens with zero attached hydrogens (tertiary/aromatic N) is 4. The molecule has 0 aliphatic rings. The van der Waals surface area contributed by atoms with Gasteiger partial charge in [0.25, 0.3) is 0 Å². The zero-order valence-electron chi connectivity index (χ0n) is 18.1. The number of para-hydroxylation sites is 2. The Morgan fingerprint density at radius 2 is 1.88 bits per heavy atom. The van der Waals surface area contributed by atoms with Crippen LogP contribution in [0, 0.1) is 0 Å². The summed E-state index contributed by atoms with van der Waals surface area (Å²) in [4.78, 5) is 15.3. The number of rotatable bonds is 8. The second-order valence-corrected chi connectivity index (χ2v) is 8.13. The molecule has 4 aromatic rings. The van der Waals surface area contributed by atoms with Gasteiger partial charge in [0.2, 0.25) is 0 Å². The van der Waals surface area contributed by atoms with E-state index in [1.165, 1.54) is 0 Å². The number of fused-ring (bicyclic) bond motifs is 2. The maximum Gasteiger partial charge on any atom is 0.184 e. The molecule has 0 saturated heterocycles. The van der Waals surface area contributed by atoms with Gasteiger partial charge in [-0.15, -0.1) is 0 Å². The zero-order chi connectivity index (χ0) is 22.5. The first-order valence-corrected chi connectivity index (χ1v) is 10.8. The number of hydrogen-bond acceptors (Lipinski definition) is 6. The number of benzene rings is 2. The average molecular weight is 447 g/mol. The molecular formula is C23H26N8S. The highest BCUT2D eigenvalue weighted by Crippen LogP contribution is 2.30. The fraction of sp³-hybridized carbons (Fsp3) is 0.217. The third kappa shape index (κ3) is 4.84. The molecule has 0 unspecified atom stereocenters. The van der Waals surface area contributed by atoms with E-state index < -0.39 is 0 Å². The number of H-pyrrole nitrogens is 1. The Labute approximate surface area is 191 Å². The van der Waals surface area contributed by atoms with Crippen LogP contribution < -0.4 is 16.5 Å². The average Bonchev–Trinajstić information content (AvgIpc) is 3.15. The van der Waals surface area contributed by atoms with Crippen LogP contribution in [0.15, 0.2) is 53.6 Å². The van der Waals surface area contributed by atoms with Gasteiger partial charge >= 0.3 is 0 Å². The van der Waals surface area contributed by atoms with Gasteiger partial charge in [-0.05, 0) is 57.5 Å². The van der Waals surface area contributed by atoms with Crippen LogP contribution in [0.3, 0.4) is 0 Å². The summed E-state index contributed by atoms with van der Waals surface area (Å²) in [5.74, 6) is 1.40. The van der Waals surface area contributed by atoms with Gasteiger partial charge in [-0.1, -0.05) is 30.3 Å². The van der Waals surface area contributed by atoms with Crippen LogP contribution in [0.2, 0.25) is 0 Å². The SMILES string of the molecule is CN(C)CCCNc1nc(-c2[nH]c3ccccc3c2/C=N/NC(N)=S)nc2ccccc12. The van der Waals surface area contributed by atoms with Crippen molar-refractivity contribution in [3.05, 3.63) is 54.1 Å². The molecule has 4 rings (SSSR count). The Balaban J connectivity index is 1.79. The summed E-state index contributed by atoms with van der Waals surface area (Å²) in [5, 5.41) is 9.77. The molecule has 2 aromatic heterocycles. The number of nitrogens with two attached hydrogens (primary N) is 1. The Morgan fingerprint density at radius 3 is 2.66 bits per heavy atom. The number of hydrazone groups is 1. The van der Waals surface area contributed by atoms with Crippen molar-refractivity contribution in [3.8, 4) is 11.5 Å². The van der Waals surface area contributed by atoms with E-state index >= 15 is 0 Å². The van der Waals surface area contributed by atoms with Crippen molar-refractivity contribution >= 4 is 51.2 Å². The molecular weight excluding hydrogens is 420 g/mol. The molecule has 0 saturated carbocycles. The maximum atomic E-state index is 5.52. The Bertz CT molecular complexity index is 1280. The second-order valence-electron chi connectivity index (χ2n) is 7.69. The smallest absolute Gasteiger partial charge is 0.184 e. The van der Waals surface area contributed by atoms with Crippen LogP contribution in [0.4, 0.5) is 5.82 Å². The van der Waals surface area contributed by atoms with Crippen molar-refractivity contribution in [3.63, 3.8) is 0 Å². The van der Waals surface area contributed by atoms with Gasteiger partial charge in [-0.25, -0.2) is 9.97 Å². The third-order valence-electron chi connectivity index (χ3n) is 5.02. The summed E-state index contributed by atoms with van der Waals surface area (Å²) < 4.78 is 0. The van der Waals surface area contributed by atoms with E-state index in [4.69, 9.17) is 27.9 Å². The number of anilines is 1. The largest absolute Gasteiger partial charge is 0.375 e.